The molecule has 0 saturated heterocycles. The third-order valence-electron chi connectivity index (χ3n) is 2.05. The number of alkyl halides is 3. The van der Waals surface area contributed by atoms with E-state index in [-0.39, 0.29) is 6.61 Å². The molecule has 1 aliphatic carbocycles. The Kier molecular flexibility index (Phi) is 3.99. The summed E-state index contributed by atoms with van der Waals surface area (Å²) in [6.07, 6.45) is -0.698. The Morgan fingerprint density at radius 2 is 2.00 bits per heavy atom. The summed E-state index contributed by atoms with van der Waals surface area (Å²) in [5, 5.41) is 3.11. The minimum Gasteiger partial charge on any atom is -0.371 e. The Morgan fingerprint density at radius 3 is 2.46 bits per heavy atom. The van der Waals surface area contributed by atoms with Gasteiger partial charge in [-0.2, -0.15) is 13.2 Å². The van der Waals surface area contributed by atoms with E-state index in [1.807, 2.05) is 0 Å². The molecule has 0 heterocycles. The topological polar surface area (TPSA) is 21.3 Å². The molecule has 13 heavy (non-hydrogen) atoms. The number of hydrogen-bond donors (Lipinski definition) is 1. The van der Waals surface area contributed by atoms with Gasteiger partial charge in [-0.3, -0.25) is 0 Å². The molecule has 0 bridgehead atoms. The summed E-state index contributed by atoms with van der Waals surface area (Å²) in [5.41, 5.74) is 0. The Morgan fingerprint density at radius 1 is 1.31 bits per heavy atom. The summed E-state index contributed by atoms with van der Waals surface area (Å²) < 4.78 is 39.1. The van der Waals surface area contributed by atoms with Crippen molar-refractivity contribution >= 4 is 0 Å². The van der Waals surface area contributed by atoms with Crippen LogP contribution in [0.5, 0.6) is 0 Å². The zero-order valence-corrected chi connectivity index (χ0v) is 7.36. The highest BCUT2D eigenvalue weighted by atomic mass is 19.4. The maximum Gasteiger partial charge on any atom is 0.411 e. The molecule has 1 N–H and O–H groups in total. The van der Waals surface area contributed by atoms with Gasteiger partial charge in [-0.05, 0) is 12.8 Å². The van der Waals surface area contributed by atoms with Gasteiger partial charge in [-0.25, -0.2) is 0 Å². The number of nitrogens with one attached hydrogen (secondary N) is 1. The molecule has 0 aromatic rings. The van der Waals surface area contributed by atoms with E-state index in [1.54, 1.807) is 0 Å². The van der Waals surface area contributed by atoms with E-state index in [4.69, 9.17) is 0 Å². The van der Waals surface area contributed by atoms with Gasteiger partial charge >= 0.3 is 6.18 Å². The van der Waals surface area contributed by atoms with Crippen LogP contribution in [0.1, 0.15) is 19.3 Å². The summed E-state index contributed by atoms with van der Waals surface area (Å²) in [6.45, 7) is -0.490. The zero-order valence-electron chi connectivity index (χ0n) is 7.36. The number of hydrogen-bond acceptors (Lipinski definition) is 2. The van der Waals surface area contributed by atoms with Gasteiger partial charge in [0.1, 0.15) is 6.61 Å². The third-order valence-corrected chi connectivity index (χ3v) is 2.05. The van der Waals surface area contributed by atoms with Crippen molar-refractivity contribution in [2.45, 2.75) is 31.5 Å². The largest absolute Gasteiger partial charge is 0.411 e. The molecule has 0 aromatic carbocycles. The van der Waals surface area contributed by atoms with Gasteiger partial charge in [-0.1, -0.05) is 6.42 Å². The van der Waals surface area contributed by atoms with Crippen molar-refractivity contribution < 1.29 is 17.9 Å². The summed E-state index contributed by atoms with van der Waals surface area (Å²) in [4.78, 5) is 0. The second kappa shape index (κ2) is 4.81. The van der Waals surface area contributed by atoms with Crippen molar-refractivity contribution in [2.24, 2.45) is 0 Å². The molecule has 0 unspecified atom stereocenters. The average Bonchev–Trinajstić information content (AvgIpc) is 1.90. The van der Waals surface area contributed by atoms with Crippen LogP contribution in [0.3, 0.4) is 0 Å². The van der Waals surface area contributed by atoms with E-state index in [1.165, 1.54) is 6.42 Å². The van der Waals surface area contributed by atoms with E-state index in [0.29, 0.717) is 12.6 Å². The molecule has 1 fully saturated rings. The fraction of sp³-hybridized carbons (Fsp3) is 1.00. The van der Waals surface area contributed by atoms with Gasteiger partial charge in [0.25, 0.3) is 0 Å². The Labute approximate surface area is 75.4 Å². The smallest absolute Gasteiger partial charge is 0.371 e. The fourth-order valence-corrected chi connectivity index (χ4v) is 1.14. The summed E-state index contributed by atoms with van der Waals surface area (Å²) in [6, 6.07) is 0.509. The van der Waals surface area contributed by atoms with Gasteiger partial charge in [0.15, 0.2) is 0 Å². The Hall–Kier alpha value is -0.290. The monoisotopic (exact) mass is 197 g/mol. The molecule has 1 saturated carbocycles. The van der Waals surface area contributed by atoms with Crippen molar-refractivity contribution in [3.8, 4) is 0 Å². The molecule has 0 amide bonds. The predicted octanol–water partition coefficient (Wildman–Crippen LogP) is 1.71. The quantitative estimate of drug-likeness (QED) is 0.677. The van der Waals surface area contributed by atoms with Crippen molar-refractivity contribution in [1.82, 2.24) is 5.32 Å². The van der Waals surface area contributed by atoms with Crippen LogP contribution in [0.25, 0.3) is 0 Å². The normalized spacial score (nSPS) is 18.7. The minimum atomic E-state index is -4.20. The van der Waals surface area contributed by atoms with Gasteiger partial charge in [-0.15, -0.1) is 0 Å². The number of ether oxygens (including phenoxy) is 1. The second-order valence-corrected chi connectivity index (χ2v) is 3.25. The maximum absolute atomic E-state index is 11.6. The second-order valence-electron chi connectivity index (χ2n) is 3.25. The standard InChI is InChI=1S/C8H14F3NO/c9-8(10,11)6-13-5-4-12-7-2-1-3-7/h7,12H,1-6H2. The number of halogens is 3. The molecule has 2 nitrogen and oxygen atoms in total. The summed E-state index contributed by atoms with van der Waals surface area (Å²) in [7, 11) is 0. The lowest BCUT2D eigenvalue weighted by atomic mass is 9.93. The van der Waals surface area contributed by atoms with Crippen molar-refractivity contribution in [3.63, 3.8) is 0 Å². The molecule has 0 spiro atoms. The van der Waals surface area contributed by atoms with Crippen molar-refractivity contribution in [1.29, 1.82) is 0 Å². The minimum absolute atomic E-state index is 0.135. The SMILES string of the molecule is FC(F)(F)COCCNC1CCC1. The molecule has 0 radical (unpaired) electrons. The van der Waals surface area contributed by atoms with Crippen LogP contribution in [0, 0.1) is 0 Å². The van der Waals surface area contributed by atoms with Gasteiger partial charge in [0, 0.05) is 12.6 Å². The Bertz CT molecular complexity index is 145. The molecule has 78 valence electrons. The fourth-order valence-electron chi connectivity index (χ4n) is 1.14. The highest BCUT2D eigenvalue weighted by Crippen LogP contribution is 2.17. The predicted molar refractivity (Wildman–Crippen MR) is 42.5 cm³/mol. The lowest BCUT2D eigenvalue weighted by molar-refractivity contribution is -0.173. The molecule has 5 heteroatoms. The lowest BCUT2D eigenvalue weighted by Gasteiger charge is -2.26. The molecule has 1 aliphatic rings. The van der Waals surface area contributed by atoms with Crippen molar-refractivity contribution in [2.75, 3.05) is 19.8 Å². The third kappa shape index (κ3) is 5.10. The maximum atomic E-state index is 11.6. The first kappa shape index (κ1) is 10.8. The van der Waals surface area contributed by atoms with Crippen LogP contribution >= 0.6 is 0 Å². The van der Waals surface area contributed by atoms with Crippen LogP contribution < -0.4 is 5.32 Å². The van der Waals surface area contributed by atoms with E-state index in [2.05, 4.69) is 10.1 Å². The zero-order chi connectivity index (χ0) is 9.73. The lowest BCUT2D eigenvalue weighted by Crippen LogP contribution is -2.37. The van der Waals surface area contributed by atoms with Gasteiger partial charge in [0.2, 0.25) is 0 Å². The van der Waals surface area contributed by atoms with Crippen LogP contribution in [0.4, 0.5) is 13.2 Å². The van der Waals surface area contributed by atoms with E-state index < -0.39 is 12.8 Å². The highest BCUT2D eigenvalue weighted by molar-refractivity contribution is 4.75. The van der Waals surface area contributed by atoms with E-state index >= 15 is 0 Å². The van der Waals surface area contributed by atoms with Crippen LogP contribution in [0.2, 0.25) is 0 Å². The van der Waals surface area contributed by atoms with E-state index in [9.17, 15) is 13.2 Å². The van der Waals surface area contributed by atoms with Gasteiger partial charge < -0.3 is 10.1 Å². The van der Waals surface area contributed by atoms with Crippen LogP contribution in [-0.2, 0) is 4.74 Å². The summed E-state index contributed by atoms with van der Waals surface area (Å²) in [5.74, 6) is 0. The molecular formula is C8H14F3NO. The average molecular weight is 197 g/mol. The van der Waals surface area contributed by atoms with Crippen LogP contribution in [-0.4, -0.2) is 32.0 Å². The summed E-state index contributed by atoms with van der Waals surface area (Å²) >= 11 is 0. The Balaban J connectivity index is 1.83. The molecule has 0 atom stereocenters. The highest BCUT2D eigenvalue weighted by Gasteiger charge is 2.27. The van der Waals surface area contributed by atoms with Crippen LogP contribution in [0.15, 0.2) is 0 Å². The molecule has 0 aromatic heterocycles. The molecule has 1 rings (SSSR count). The molecule has 0 aliphatic heterocycles. The van der Waals surface area contributed by atoms with E-state index in [0.717, 1.165) is 12.8 Å². The first-order valence-corrected chi connectivity index (χ1v) is 4.46. The van der Waals surface area contributed by atoms with Gasteiger partial charge in [0.05, 0.1) is 6.61 Å². The first-order valence-electron chi connectivity index (χ1n) is 4.46. The molecular weight excluding hydrogens is 183 g/mol. The van der Waals surface area contributed by atoms with Crippen molar-refractivity contribution in [3.05, 3.63) is 0 Å². The first-order chi connectivity index (χ1) is 6.08. The number of rotatable bonds is 5.